The van der Waals surface area contributed by atoms with E-state index < -0.39 is 0 Å². The predicted octanol–water partition coefficient (Wildman–Crippen LogP) is 2.35. The molecule has 0 bridgehead atoms. The minimum atomic E-state index is 0.467. The van der Waals surface area contributed by atoms with E-state index in [1.165, 1.54) is 0 Å². The van der Waals surface area contributed by atoms with Crippen molar-refractivity contribution in [3.63, 3.8) is 0 Å². The minimum Gasteiger partial charge on any atom is -0.478 e. The zero-order chi connectivity index (χ0) is 11.1. The average molecular weight is 227 g/mol. The Balaban J connectivity index is 2.66. The Morgan fingerprint density at radius 1 is 1.33 bits per heavy atom. The summed E-state index contributed by atoms with van der Waals surface area (Å²) in [7, 11) is 0. The van der Waals surface area contributed by atoms with Gasteiger partial charge in [0.25, 0.3) is 0 Å². The van der Waals surface area contributed by atoms with Crippen molar-refractivity contribution in [1.29, 1.82) is 0 Å². The quantitative estimate of drug-likeness (QED) is 0.597. The maximum Gasteiger partial charge on any atom is 0.219 e. The molecule has 0 aliphatic heterocycles. The second-order valence-electron chi connectivity index (χ2n) is 3.11. The van der Waals surface area contributed by atoms with Crippen molar-refractivity contribution in [3.05, 3.63) is 6.07 Å². The Kier molecular flexibility index (Phi) is 5.25. The fraction of sp³-hybridized carbons (Fsp3) is 0.600. The van der Waals surface area contributed by atoms with Crippen molar-refractivity contribution >= 4 is 17.6 Å². The number of rotatable bonds is 6. The van der Waals surface area contributed by atoms with Crippen molar-refractivity contribution in [2.75, 3.05) is 18.1 Å². The van der Waals surface area contributed by atoms with Crippen molar-refractivity contribution in [3.8, 4) is 5.88 Å². The van der Waals surface area contributed by atoms with Gasteiger partial charge in [-0.05, 0) is 12.8 Å². The third kappa shape index (κ3) is 4.38. The van der Waals surface area contributed by atoms with E-state index in [4.69, 9.17) is 10.5 Å². The van der Waals surface area contributed by atoms with Crippen LogP contribution in [0.3, 0.4) is 0 Å². The number of hydrogen-bond donors (Lipinski definition) is 1. The molecule has 0 atom stereocenters. The molecule has 1 heterocycles. The highest BCUT2D eigenvalue weighted by molar-refractivity contribution is 7.99. The lowest BCUT2D eigenvalue weighted by Gasteiger charge is -2.06. The number of thioether (sulfide) groups is 1. The summed E-state index contributed by atoms with van der Waals surface area (Å²) in [6.07, 6.45) is 2.05. The van der Waals surface area contributed by atoms with E-state index in [1.807, 2.05) is 0 Å². The molecule has 5 heteroatoms. The third-order valence-electron chi connectivity index (χ3n) is 1.59. The van der Waals surface area contributed by atoms with Crippen LogP contribution < -0.4 is 10.5 Å². The Bertz CT molecular complexity index is 280. The zero-order valence-electron chi connectivity index (χ0n) is 9.19. The first-order valence-electron chi connectivity index (χ1n) is 5.16. The molecule has 0 aliphatic carbocycles. The lowest BCUT2D eigenvalue weighted by atomic mass is 10.5. The molecular weight excluding hydrogens is 210 g/mol. The normalized spacial score (nSPS) is 10.3. The van der Waals surface area contributed by atoms with Crippen LogP contribution in [0.5, 0.6) is 5.88 Å². The van der Waals surface area contributed by atoms with Crippen molar-refractivity contribution in [2.24, 2.45) is 0 Å². The molecule has 0 fully saturated rings. The first-order chi connectivity index (χ1) is 7.26. The Labute approximate surface area is 94.6 Å². The second-order valence-corrected chi connectivity index (χ2v) is 4.17. The molecule has 0 aliphatic rings. The number of anilines is 1. The van der Waals surface area contributed by atoms with Gasteiger partial charge in [0, 0.05) is 11.8 Å². The summed E-state index contributed by atoms with van der Waals surface area (Å²) >= 11 is 1.60. The van der Waals surface area contributed by atoms with E-state index in [0.717, 1.165) is 18.6 Å². The molecule has 0 amide bonds. The van der Waals surface area contributed by atoms with Gasteiger partial charge < -0.3 is 10.5 Å². The van der Waals surface area contributed by atoms with Crippen molar-refractivity contribution < 1.29 is 4.74 Å². The largest absolute Gasteiger partial charge is 0.478 e. The average Bonchev–Trinajstić information content (AvgIpc) is 2.23. The first-order valence-corrected chi connectivity index (χ1v) is 6.15. The first kappa shape index (κ1) is 12.1. The van der Waals surface area contributed by atoms with Gasteiger partial charge in [-0.1, -0.05) is 25.6 Å². The van der Waals surface area contributed by atoms with E-state index >= 15 is 0 Å². The van der Waals surface area contributed by atoms with E-state index in [2.05, 4.69) is 23.8 Å². The van der Waals surface area contributed by atoms with Gasteiger partial charge in [-0.25, -0.2) is 4.98 Å². The lowest BCUT2D eigenvalue weighted by molar-refractivity contribution is 0.302. The van der Waals surface area contributed by atoms with E-state index in [9.17, 15) is 0 Å². The molecule has 0 aromatic carbocycles. The van der Waals surface area contributed by atoms with E-state index in [0.29, 0.717) is 23.5 Å². The minimum absolute atomic E-state index is 0.467. The molecule has 0 saturated heterocycles. The van der Waals surface area contributed by atoms with Gasteiger partial charge in [0.1, 0.15) is 5.82 Å². The highest BCUT2D eigenvalue weighted by Gasteiger charge is 2.03. The summed E-state index contributed by atoms with van der Waals surface area (Å²) < 4.78 is 5.41. The molecule has 4 nitrogen and oxygen atoms in total. The molecule has 2 N–H and O–H groups in total. The summed E-state index contributed by atoms with van der Waals surface area (Å²) in [5.74, 6) is 2.04. The van der Waals surface area contributed by atoms with E-state index in [-0.39, 0.29) is 0 Å². The molecule has 1 aromatic rings. The maximum absolute atomic E-state index is 5.66. The van der Waals surface area contributed by atoms with Gasteiger partial charge in [0.2, 0.25) is 5.88 Å². The molecule has 0 unspecified atom stereocenters. The summed E-state index contributed by atoms with van der Waals surface area (Å²) in [6, 6.07) is 1.66. The van der Waals surface area contributed by atoms with Gasteiger partial charge in [-0.15, -0.1) is 0 Å². The molecule has 0 saturated carbocycles. The molecule has 1 aromatic heterocycles. The number of nitrogens with two attached hydrogens (primary N) is 1. The van der Waals surface area contributed by atoms with Crippen molar-refractivity contribution in [1.82, 2.24) is 9.97 Å². The number of nitrogen functional groups attached to an aromatic ring is 1. The fourth-order valence-corrected chi connectivity index (χ4v) is 1.67. The SMILES string of the molecule is CCCOc1cc(N)nc(SCCC)n1. The Hall–Kier alpha value is -0.970. The molecule has 0 radical (unpaired) electrons. The van der Waals surface area contributed by atoms with Gasteiger partial charge >= 0.3 is 0 Å². The third-order valence-corrected chi connectivity index (χ3v) is 2.64. The molecule has 15 heavy (non-hydrogen) atoms. The van der Waals surface area contributed by atoms with Crippen LogP contribution in [0.15, 0.2) is 11.2 Å². The predicted molar refractivity (Wildman–Crippen MR) is 63.2 cm³/mol. The Morgan fingerprint density at radius 3 is 2.80 bits per heavy atom. The highest BCUT2D eigenvalue weighted by Crippen LogP contribution is 2.19. The van der Waals surface area contributed by atoms with Gasteiger partial charge in [0.05, 0.1) is 6.61 Å². The van der Waals surface area contributed by atoms with Gasteiger partial charge in [-0.3, -0.25) is 0 Å². The topological polar surface area (TPSA) is 61.0 Å². The second kappa shape index (κ2) is 6.50. The van der Waals surface area contributed by atoms with Crippen LogP contribution in [-0.2, 0) is 0 Å². The van der Waals surface area contributed by atoms with Gasteiger partial charge in [0.15, 0.2) is 5.16 Å². The zero-order valence-corrected chi connectivity index (χ0v) is 10.0. The summed E-state index contributed by atoms with van der Waals surface area (Å²) in [5.41, 5.74) is 5.66. The number of nitrogens with zero attached hydrogens (tertiary/aromatic N) is 2. The van der Waals surface area contributed by atoms with Crippen LogP contribution in [0, 0.1) is 0 Å². The molecule has 1 rings (SSSR count). The van der Waals surface area contributed by atoms with Crippen LogP contribution in [0.25, 0.3) is 0 Å². The van der Waals surface area contributed by atoms with Crippen molar-refractivity contribution in [2.45, 2.75) is 31.8 Å². The Morgan fingerprint density at radius 2 is 2.13 bits per heavy atom. The van der Waals surface area contributed by atoms with Crippen LogP contribution in [0.2, 0.25) is 0 Å². The monoisotopic (exact) mass is 227 g/mol. The molecule has 84 valence electrons. The fourth-order valence-electron chi connectivity index (χ4n) is 0.959. The standard InChI is InChI=1S/C10H17N3OS/c1-3-5-14-9-7-8(11)12-10(13-9)15-6-4-2/h7H,3-6H2,1-2H3,(H2,11,12,13). The number of hydrogen-bond acceptors (Lipinski definition) is 5. The van der Waals surface area contributed by atoms with Crippen LogP contribution >= 0.6 is 11.8 Å². The number of ether oxygens (including phenoxy) is 1. The summed E-state index contributed by atoms with van der Waals surface area (Å²) in [4.78, 5) is 8.39. The van der Waals surface area contributed by atoms with E-state index in [1.54, 1.807) is 17.8 Å². The maximum atomic E-state index is 5.66. The molecular formula is C10H17N3OS. The highest BCUT2D eigenvalue weighted by atomic mass is 32.2. The summed E-state index contributed by atoms with van der Waals surface area (Å²) in [6.45, 7) is 4.83. The van der Waals surface area contributed by atoms with Gasteiger partial charge in [-0.2, -0.15) is 4.98 Å². The van der Waals surface area contributed by atoms with Crippen LogP contribution in [0.1, 0.15) is 26.7 Å². The summed E-state index contributed by atoms with van der Waals surface area (Å²) in [5, 5.41) is 0.697. The lowest BCUT2D eigenvalue weighted by Crippen LogP contribution is -2.01. The smallest absolute Gasteiger partial charge is 0.219 e. The van der Waals surface area contributed by atoms with Crippen LogP contribution in [-0.4, -0.2) is 22.3 Å². The molecule has 0 spiro atoms. The number of aromatic nitrogens is 2. The van der Waals surface area contributed by atoms with Crippen LogP contribution in [0.4, 0.5) is 5.82 Å².